The third kappa shape index (κ3) is 6.06. The molecule has 0 spiro atoms. The first-order valence-corrected chi connectivity index (χ1v) is 15.9. The van der Waals surface area contributed by atoms with Gasteiger partial charge in [-0.05, 0) is 70.3 Å². The summed E-state index contributed by atoms with van der Waals surface area (Å²) in [5, 5.41) is 21.4. The van der Waals surface area contributed by atoms with E-state index < -0.39 is 35.8 Å². The van der Waals surface area contributed by atoms with E-state index >= 15 is 0 Å². The number of nitrogens with zero attached hydrogens (tertiary/aromatic N) is 5. The molecular formula is C38H35N7O4. The third-order valence-electron chi connectivity index (χ3n) is 8.96. The van der Waals surface area contributed by atoms with Crippen LogP contribution in [0.15, 0.2) is 97.1 Å². The molecule has 2 N–H and O–H groups in total. The number of carbonyl (C=O) groups is 4. The van der Waals surface area contributed by atoms with E-state index in [1.165, 1.54) is 11.8 Å². The highest BCUT2D eigenvalue weighted by Crippen LogP contribution is 2.38. The van der Waals surface area contributed by atoms with Gasteiger partial charge in [0.05, 0.1) is 52.5 Å². The Morgan fingerprint density at radius 1 is 0.878 bits per heavy atom. The molecule has 0 saturated carbocycles. The van der Waals surface area contributed by atoms with Crippen LogP contribution in [0.1, 0.15) is 52.7 Å². The highest BCUT2D eigenvalue weighted by Gasteiger charge is 2.43. The number of hydrogen-bond acceptors (Lipinski definition) is 7. The second kappa shape index (κ2) is 13.5. The Kier molecular flexibility index (Phi) is 9.07. The summed E-state index contributed by atoms with van der Waals surface area (Å²) in [4.78, 5) is 57.4. The van der Waals surface area contributed by atoms with Gasteiger partial charge in [-0.2, -0.15) is 10.4 Å². The smallest absolute Gasteiger partial charge is 0.258 e. The van der Waals surface area contributed by atoms with E-state index in [2.05, 4.69) is 16.7 Å². The quantitative estimate of drug-likeness (QED) is 0.230. The minimum Gasteiger partial charge on any atom is -0.341 e. The van der Waals surface area contributed by atoms with Crippen LogP contribution in [-0.4, -0.2) is 58.5 Å². The molecule has 49 heavy (non-hydrogen) atoms. The van der Waals surface area contributed by atoms with Crippen molar-refractivity contribution in [2.24, 2.45) is 0 Å². The molecule has 0 saturated heterocycles. The van der Waals surface area contributed by atoms with Gasteiger partial charge in [0.2, 0.25) is 5.91 Å². The van der Waals surface area contributed by atoms with Gasteiger partial charge in [-0.3, -0.25) is 19.2 Å². The molecule has 1 aliphatic heterocycles. The van der Waals surface area contributed by atoms with Gasteiger partial charge in [0, 0.05) is 16.5 Å². The second-order valence-corrected chi connectivity index (χ2v) is 12.0. The lowest BCUT2D eigenvalue weighted by Gasteiger charge is -2.32. The Morgan fingerprint density at radius 3 is 2.16 bits per heavy atom. The minimum atomic E-state index is -1.14. The molecule has 11 nitrogen and oxygen atoms in total. The van der Waals surface area contributed by atoms with Gasteiger partial charge in [0.15, 0.2) is 5.78 Å². The number of rotatable bonds is 8. The predicted octanol–water partition coefficient (Wildman–Crippen LogP) is 4.77. The lowest BCUT2D eigenvalue weighted by atomic mass is 10.0. The number of para-hydroxylation sites is 4. The fourth-order valence-electron chi connectivity index (χ4n) is 6.13. The molecule has 1 aliphatic rings. The van der Waals surface area contributed by atoms with Crippen molar-refractivity contribution >= 4 is 45.8 Å². The van der Waals surface area contributed by atoms with Crippen LogP contribution in [0.4, 0.5) is 11.4 Å². The van der Waals surface area contributed by atoms with E-state index in [9.17, 15) is 24.4 Å². The molecule has 3 amide bonds. The van der Waals surface area contributed by atoms with Gasteiger partial charge in [0.1, 0.15) is 12.1 Å². The Hall–Kier alpha value is -6.12. The zero-order chi connectivity index (χ0) is 34.8. The molecule has 0 aliphatic carbocycles. The number of nitrogens with one attached hydrogen (secondary N) is 2. The molecule has 2 heterocycles. The van der Waals surface area contributed by atoms with E-state index in [4.69, 9.17) is 5.10 Å². The molecular weight excluding hydrogens is 618 g/mol. The number of amides is 3. The molecule has 0 fully saturated rings. The monoisotopic (exact) mass is 653 g/mol. The Morgan fingerprint density at radius 2 is 1.49 bits per heavy atom. The van der Waals surface area contributed by atoms with Crippen molar-refractivity contribution in [3.05, 3.63) is 119 Å². The number of nitriles is 1. The third-order valence-corrected chi connectivity index (χ3v) is 8.96. The maximum atomic E-state index is 14.7. The topological polar surface area (TPSA) is 140 Å². The van der Waals surface area contributed by atoms with E-state index in [0.717, 1.165) is 10.9 Å². The van der Waals surface area contributed by atoms with E-state index in [1.807, 2.05) is 36.4 Å². The molecule has 0 bridgehead atoms. The summed E-state index contributed by atoms with van der Waals surface area (Å²) >= 11 is 0. The average Bonchev–Trinajstić information content (AvgIpc) is 3.46. The van der Waals surface area contributed by atoms with Crippen LogP contribution in [0.2, 0.25) is 0 Å². The minimum absolute atomic E-state index is 0.00803. The number of anilines is 2. The predicted molar refractivity (Wildman–Crippen MR) is 187 cm³/mol. The molecule has 11 heteroatoms. The molecule has 1 unspecified atom stereocenters. The first kappa shape index (κ1) is 32.8. The van der Waals surface area contributed by atoms with Gasteiger partial charge < -0.3 is 20.4 Å². The van der Waals surface area contributed by atoms with Crippen molar-refractivity contribution in [3.63, 3.8) is 0 Å². The summed E-state index contributed by atoms with van der Waals surface area (Å²) in [7, 11) is 1.65. The summed E-state index contributed by atoms with van der Waals surface area (Å²) < 4.78 is 1.70. The number of fused-ring (bicyclic) bond motifs is 2. The fraction of sp³-hybridized carbons (Fsp3) is 0.211. The van der Waals surface area contributed by atoms with E-state index in [-0.39, 0.29) is 12.3 Å². The fourth-order valence-corrected chi connectivity index (χ4v) is 6.13. The van der Waals surface area contributed by atoms with Crippen molar-refractivity contribution in [3.8, 4) is 11.8 Å². The summed E-state index contributed by atoms with van der Waals surface area (Å²) in [6.07, 6.45) is 0. The maximum absolute atomic E-state index is 14.7. The number of benzene rings is 4. The van der Waals surface area contributed by atoms with E-state index in [0.29, 0.717) is 39.4 Å². The van der Waals surface area contributed by atoms with Crippen molar-refractivity contribution in [2.75, 3.05) is 16.8 Å². The van der Waals surface area contributed by atoms with Crippen LogP contribution < -0.4 is 20.4 Å². The van der Waals surface area contributed by atoms with Crippen LogP contribution in [0.5, 0.6) is 0 Å². The normalized spacial score (nSPS) is 16.4. The molecule has 3 atom stereocenters. The highest BCUT2D eigenvalue weighted by atomic mass is 16.2. The van der Waals surface area contributed by atoms with Crippen LogP contribution in [0, 0.1) is 11.3 Å². The Balaban J connectivity index is 1.50. The second-order valence-electron chi connectivity index (χ2n) is 12.0. The SMILES string of the molecule is CNC(C)C(=O)N[C@@H]1C(=O)N(Cc2nn(-c3ccccc3C#N)c3ccccc23)c2ccccc2N(C(=O)c2ccc(C(C)=O)cc2)[C@H]1C. The molecule has 1 aromatic heterocycles. The van der Waals surface area contributed by atoms with Crippen LogP contribution in [0.25, 0.3) is 16.6 Å². The first-order chi connectivity index (χ1) is 23.6. The summed E-state index contributed by atoms with van der Waals surface area (Å²) in [6, 6.07) is 27.9. The zero-order valence-electron chi connectivity index (χ0n) is 27.5. The van der Waals surface area contributed by atoms with Crippen molar-refractivity contribution in [2.45, 2.75) is 45.4 Å². The van der Waals surface area contributed by atoms with Gasteiger partial charge in [-0.15, -0.1) is 0 Å². The molecule has 6 rings (SSSR count). The van der Waals surface area contributed by atoms with Crippen molar-refractivity contribution < 1.29 is 19.2 Å². The molecule has 0 radical (unpaired) electrons. The number of Topliss-reactive ketones (excluding diaryl/α,β-unsaturated/α-hetero) is 1. The Bertz CT molecular complexity index is 2130. The molecule has 4 aromatic carbocycles. The average molecular weight is 654 g/mol. The Labute approximate surface area is 283 Å². The number of aromatic nitrogens is 2. The van der Waals surface area contributed by atoms with E-state index in [1.54, 1.807) is 91.1 Å². The first-order valence-electron chi connectivity index (χ1n) is 15.9. The summed E-state index contributed by atoms with van der Waals surface area (Å²) in [6.45, 7) is 4.88. The lowest BCUT2D eigenvalue weighted by Crippen LogP contribution is -2.59. The number of carbonyl (C=O) groups excluding carboxylic acids is 4. The van der Waals surface area contributed by atoms with Gasteiger partial charge in [-0.25, -0.2) is 4.68 Å². The summed E-state index contributed by atoms with van der Waals surface area (Å²) in [5.41, 5.74) is 4.08. The standard InChI is InChI=1S/C38H35N7O4/c1-23(40-4)36(47)41-35-24(2)44(37(48)27-19-17-26(18-20-27)25(3)46)34-16-10-9-15-33(34)43(38(35)49)22-30-29-12-6-8-14-32(29)45(42-30)31-13-7-5-11-28(31)21-39/h5-20,23-24,35,40H,22H2,1-4H3,(H,41,47)/t23?,24-,35-/m0/s1. The van der Waals surface area contributed by atoms with Crippen molar-refractivity contribution in [1.82, 2.24) is 20.4 Å². The molecule has 246 valence electrons. The zero-order valence-corrected chi connectivity index (χ0v) is 27.5. The maximum Gasteiger partial charge on any atom is 0.258 e. The van der Waals surface area contributed by atoms with Gasteiger partial charge >= 0.3 is 0 Å². The molecule has 5 aromatic rings. The largest absolute Gasteiger partial charge is 0.341 e. The summed E-state index contributed by atoms with van der Waals surface area (Å²) in [5.74, 6) is -1.34. The van der Waals surface area contributed by atoms with Crippen LogP contribution >= 0.6 is 0 Å². The van der Waals surface area contributed by atoms with Crippen LogP contribution in [-0.2, 0) is 16.1 Å². The number of ketones is 1. The lowest BCUT2D eigenvalue weighted by molar-refractivity contribution is -0.128. The van der Waals surface area contributed by atoms with Crippen molar-refractivity contribution in [1.29, 1.82) is 5.26 Å². The van der Waals surface area contributed by atoms with Gasteiger partial charge in [0.25, 0.3) is 11.8 Å². The number of hydrogen-bond donors (Lipinski definition) is 2. The van der Waals surface area contributed by atoms with Crippen LogP contribution in [0.3, 0.4) is 0 Å². The highest BCUT2D eigenvalue weighted by molar-refractivity contribution is 6.13. The van der Waals surface area contributed by atoms with Gasteiger partial charge in [-0.1, -0.05) is 54.6 Å². The number of likely N-dealkylation sites (N-methyl/N-ethyl adjacent to an activating group) is 1.